The summed E-state index contributed by atoms with van der Waals surface area (Å²) in [6.07, 6.45) is 2.76. The van der Waals surface area contributed by atoms with Crippen molar-refractivity contribution in [2.24, 2.45) is 5.92 Å². The Bertz CT molecular complexity index is 793. The van der Waals surface area contributed by atoms with Crippen LogP contribution in [0.2, 0.25) is 0 Å². The second-order valence-electron chi connectivity index (χ2n) is 7.45. The van der Waals surface area contributed by atoms with Crippen molar-refractivity contribution in [2.45, 2.75) is 39.5 Å². The molecule has 0 radical (unpaired) electrons. The standard InChI is InChI=1S/C23H28N2O2/c1-17-8-9-18(2)21(16-17)24-23(27)20-12-14-25(15-13-20)22(26)11-10-19-6-4-3-5-7-19/h3-9,16,20H,10-15H2,1-2H3,(H,24,27). The zero-order valence-electron chi connectivity index (χ0n) is 16.2. The Morgan fingerprint density at radius 3 is 2.44 bits per heavy atom. The van der Waals surface area contributed by atoms with Crippen molar-refractivity contribution in [2.75, 3.05) is 18.4 Å². The van der Waals surface area contributed by atoms with Crippen molar-refractivity contribution in [3.63, 3.8) is 0 Å². The van der Waals surface area contributed by atoms with Gasteiger partial charge >= 0.3 is 0 Å². The van der Waals surface area contributed by atoms with Gasteiger partial charge in [-0.2, -0.15) is 0 Å². The molecule has 2 amide bonds. The van der Waals surface area contributed by atoms with Crippen LogP contribution >= 0.6 is 0 Å². The number of nitrogens with zero attached hydrogens (tertiary/aromatic N) is 1. The number of carbonyl (C=O) groups excluding carboxylic acids is 2. The van der Waals surface area contributed by atoms with Gasteiger partial charge in [0.25, 0.3) is 0 Å². The van der Waals surface area contributed by atoms with E-state index in [1.54, 1.807) is 0 Å². The number of rotatable bonds is 5. The molecule has 4 heteroatoms. The van der Waals surface area contributed by atoms with E-state index < -0.39 is 0 Å². The lowest BCUT2D eigenvalue weighted by atomic mass is 9.95. The monoisotopic (exact) mass is 364 g/mol. The molecule has 142 valence electrons. The van der Waals surface area contributed by atoms with E-state index in [2.05, 4.69) is 17.4 Å². The third-order valence-electron chi connectivity index (χ3n) is 5.34. The van der Waals surface area contributed by atoms with Gasteiger partial charge < -0.3 is 10.2 Å². The fourth-order valence-electron chi connectivity index (χ4n) is 3.55. The van der Waals surface area contributed by atoms with E-state index in [4.69, 9.17) is 0 Å². The van der Waals surface area contributed by atoms with Crippen LogP contribution in [0.25, 0.3) is 0 Å². The summed E-state index contributed by atoms with van der Waals surface area (Å²) in [5, 5.41) is 3.07. The van der Waals surface area contributed by atoms with Crippen molar-refractivity contribution in [3.8, 4) is 0 Å². The van der Waals surface area contributed by atoms with Crippen LogP contribution in [0.15, 0.2) is 48.5 Å². The van der Waals surface area contributed by atoms with E-state index in [0.29, 0.717) is 19.5 Å². The smallest absolute Gasteiger partial charge is 0.227 e. The molecule has 0 unspecified atom stereocenters. The van der Waals surface area contributed by atoms with Gasteiger partial charge in [0, 0.05) is 31.1 Å². The summed E-state index contributed by atoms with van der Waals surface area (Å²) in [5.41, 5.74) is 4.28. The molecule has 2 aromatic carbocycles. The number of benzene rings is 2. The van der Waals surface area contributed by atoms with Crippen molar-refractivity contribution in [3.05, 3.63) is 65.2 Å². The molecule has 0 atom stereocenters. The maximum absolute atomic E-state index is 12.6. The highest BCUT2D eigenvalue weighted by molar-refractivity contribution is 5.93. The van der Waals surface area contributed by atoms with Gasteiger partial charge in [-0.15, -0.1) is 0 Å². The topological polar surface area (TPSA) is 49.4 Å². The molecule has 0 bridgehead atoms. The number of amides is 2. The minimum atomic E-state index is -0.0249. The predicted molar refractivity (Wildman–Crippen MR) is 109 cm³/mol. The van der Waals surface area contributed by atoms with Gasteiger partial charge in [-0.25, -0.2) is 0 Å². The molecule has 0 aromatic heterocycles. The predicted octanol–water partition coefficient (Wildman–Crippen LogP) is 4.11. The molecule has 2 aromatic rings. The van der Waals surface area contributed by atoms with E-state index in [1.165, 1.54) is 5.56 Å². The van der Waals surface area contributed by atoms with E-state index >= 15 is 0 Å². The summed E-state index contributed by atoms with van der Waals surface area (Å²) in [6, 6.07) is 16.2. The maximum Gasteiger partial charge on any atom is 0.227 e. The average Bonchev–Trinajstić information content (AvgIpc) is 2.70. The van der Waals surface area contributed by atoms with Gasteiger partial charge in [0.1, 0.15) is 0 Å². The number of likely N-dealkylation sites (tertiary alicyclic amines) is 1. The molecule has 1 fully saturated rings. The summed E-state index contributed by atoms with van der Waals surface area (Å²) >= 11 is 0. The Morgan fingerprint density at radius 1 is 1.04 bits per heavy atom. The van der Waals surface area contributed by atoms with Crippen LogP contribution in [-0.2, 0) is 16.0 Å². The summed E-state index contributed by atoms with van der Waals surface area (Å²) in [4.78, 5) is 27.0. The Labute approximate surface area is 161 Å². The number of nitrogens with one attached hydrogen (secondary N) is 1. The second kappa shape index (κ2) is 8.85. The van der Waals surface area contributed by atoms with Crippen molar-refractivity contribution in [1.82, 2.24) is 4.90 Å². The van der Waals surface area contributed by atoms with Crippen molar-refractivity contribution < 1.29 is 9.59 Å². The number of hydrogen-bond acceptors (Lipinski definition) is 2. The number of aryl methyl sites for hydroxylation is 3. The molecule has 0 aliphatic carbocycles. The molecule has 1 N–H and O–H groups in total. The van der Waals surface area contributed by atoms with E-state index in [1.807, 2.05) is 55.1 Å². The van der Waals surface area contributed by atoms with Crippen LogP contribution in [-0.4, -0.2) is 29.8 Å². The van der Waals surface area contributed by atoms with Crippen molar-refractivity contribution in [1.29, 1.82) is 0 Å². The first-order chi connectivity index (χ1) is 13.0. The van der Waals surface area contributed by atoms with Crippen LogP contribution in [0.4, 0.5) is 5.69 Å². The van der Waals surface area contributed by atoms with Gasteiger partial charge in [0.05, 0.1) is 0 Å². The molecule has 0 spiro atoms. The van der Waals surface area contributed by atoms with Gasteiger partial charge in [0.15, 0.2) is 0 Å². The summed E-state index contributed by atoms with van der Waals surface area (Å²) < 4.78 is 0. The largest absolute Gasteiger partial charge is 0.343 e. The molecule has 0 saturated carbocycles. The van der Waals surface area contributed by atoms with Crippen LogP contribution in [0.5, 0.6) is 0 Å². The Balaban J connectivity index is 1.47. The van der Waals surface area contributed by atoms with E-state index in [0.717, 1.165) is 36.1 Å². The van der Waals surface area contributed by atoms with E-state index in [9.17, 15) is 9.59 Å². The molecule has 1 saturated heterocycles. The summed E-state index contributed by atoms with van der Waals surface area (Å²) in [5.74, 6) is 0.232. The number of hydrogen-bond donors (Lipinski definition) is 1. The zero-order chi connectivity index (χ0) is 19.2. The normalized spacial score (nSPS) is 14.8. The Morgan fingerprint density at radius 2 is 1.74 bits per heavy atom. The molecule has 27 heavy (non-hydrogen) atoms. The minimum absolute atomic E-state index is 0.0249. The molecule has 1 aliphatic heterocycles. The lowest BCUT2D eigenvalue weighted by molar-refractivity contribution is -0.134. The molecular formula is C23H28N2O2. The van der Waals surface area contributed by atoms with Gasteiger partial charge in [-0.3, -0.25) is 9.59 Å². The first-order valence-corrected chi connectivity index (χ1v) is 9.73. The minimum Gasteiger partial charge on any atom is -0.343 e. The summed E-state index contributed by atoms with van der Waals surface area (Å²) in [7, 11) is 0. The zero-order valence-corrected chi connectivity index (χ0v) is 16.2. The Hall–Kier alpha value is -2.62. The maximum atomic E-state index is 12.6. The van der Waals surface area contributed by atoms with Gasteiger partial charge in [0.2, 0.25) is 11.8 Å². The highest BCUT2D eigenvalue weighted by Crippen LogP contribution is 2.22. The molecule has 1 aliphatic rings. The fraction of sp³-hybridized carbons (Fsp3) is 0.391. The molecule has 4 nitrogen and oxygen atoms in total. The van der Waals surface area contributed by atoms with E-state index in [-0.39, 0.29) is 17.7 Å². The van der Waals surface area contributed by atoms with Crippen LogP contribution in [0, 0.1) is 19.8 Å². The van der Waals surface area contributed by atoms with Crippen LogP contribution in [0.3, 0.4) is 0 Å². The highest BCUT2D eigenvalue weighted by Gasteiger charge is 2.27. The highest BCUT2D eigenvalue weighted by atomic mass is 16.2. The molecule has 1 heterocycles. The first-order valence-electron chi connectivity index (χ1n) is 9.73. The van der Waals surface area contributed by atoms with Gasteiger partial charge in [-0.1, -0.05) is 42.5 Å². The van der Waals surface area contributed by atoms with Crippen LogP contribution < -0.4 is 5.32 Å². The lowest BCUT2D eigenvalue weighted by Gasteiger charge is -2.31. The first kappa shape index (κ1) is 19.2. The number of piperidine rings is 1. The SMILES string of the molecule is Cc1ccc(C)c(NC(=O)C2CCN(C(=O)CCc3ccccc3)CC2)c1. The molecule has 3 rings (SSSR count). The fourth-order valence-corrected chi connectivity index (χ4v) is 3.55. The third kappa shape index (κ3) is 5.19. The quantitative estimate of drug-likeness (QED) is 0.868. The third-order valence-corrected chi connectivity index (χ3v) is 5.34. The second-order valence-corrected chi connectivity index (χ2v) is 7.45. The molecular weight excluding hydrogens is 336 g/mol. The van der Waals surface area contributed by atoms with Crippen LogP contribution in [0.1, 0.15) is 36.0 Å². The summed E-state index contributed by atoms with van der Waals surface area (Å²) in [6.45, 7) is 5.36. The average molecular weight is 364 g/mol. The number of anilines is 1. The lowest BCUT2D eigenvalue weighted by Crippen LogP contribution is -2.41. The van der Waals surface area contributed by atoms with Crippen molar-refractivity contribution >= 4 is 17.5 Å². The van der Waals surface area contributed by atoms with Gasteiger partial charge in [-0.05, 0) is 55.9 Å². The Kier molecular flexibility index (Phi) is 6.28. The number of carbonyl (C=O) groups is 2.